The number of aromatic nitrogens is 1. The Bertz CT molecular complexity index is 983. The third-order valence-corrected chi connectivity index (χ3v) is 4.57. The number of methoxy groups -OCH3 is 1. The zero-order valence-electron chi connectivity index (χ0n) is 16.7. The number of benzene rings is 2. The number of fused-ring (bicyclic) bond motifs is 1. The average Bonchev–Trinajstić information content (AvgIpc) is 3.11. The Labute approximate surface area is 170 Å². The zero-order valence-corrected chi connectivity index (χ0v) is 16.7. The van der Waals surface area contributed by atoms with E-state index in [1.54, 1.807) is 37.3 Å². The van der Waals surface area contributed by atoms with Crippen molar-refractivity contribution >= 4 is 28.4 Å². The van der Waals surface area contributed by atoms with Crippen LogP contribution in [0.5, 0.6) is 5.75 Å². The minimum absolute atomic E-state index is 0.110. The fraction of sp³-hybridized carbons (Fsp3) is 0.273. The molecule has 3 N–H and O–H groups in total. The molecule has 0 unspecified atom stereocenters. The summed E-state index contributed by atoms with van der Waals surface area (Å²) in [5.74, 6) is 0.375. The molecule has 7 nitrogen and oxygen atoms in total. The van der Waals surface area contributed by atoms with Gasteiger partial charge in [0, 0.05) is 35.4 Å². The van der Waals surface area contributed by atoms with Crippen LogP contribution in [0.4, 0.5) is 5.69 Å². The molecule has 0 bridgehead atoms. The van der Waals surface area contributed by atoms with Crippen LogP contribution in [0.3, 0.4) is 0 Å². The number of anilines is 1. The number of hydrogen-bond acceptors (Lipinski definition) is 4. The number of hydrogen-bond donors (Lipinski definition) is 3. The van der Waals surface area contributed by atoms with E-state index in [0.29, 0.717) is 18.0 Å². The van der Waals surface area contributed by atoms with Crippen molar-refractivity contribution < 1.29 is 14.3 Å². The molecule has 0 fully saturated rings. The largest absolute Gasteiger partial charge is 0.497 e. The molecule has 7 heteroatoms. The lowest BCUT2D eigenvalue weighted by Crippen LogP contribution is -2.39. The smallest absolute Gasteiger partial charge is 0.238 e. The molecule has 2 amide bonds. The number of amides is 2. The van der Waals surface area contributed by atoms with Gasteiger partial charge in [-0.3, -0.25) is 14.5 Å². The Morgan fingerprint density at radius 2 is 1.86 bits per heavy atom. The molecule has 0 atom stereocenters. The van der Waals surface area contributed by atoms with E-state index in [-0.39, 0.29) is 24.9 Å². The maximum absolute atomic E-state index is 12.2. The van der Waals surface area contributed by atoms with Crippen molar-refractivity contribution in [3.8, 4) is 5.75 Å². The molecule has 0 saturated carbocycles. The zero-order chi connectivity index (χ0) is 20.6. The van der Waals surface area contributed by atoms with Crippen LogP contribution in [0.2, 0.25) is 0 Å². The van der Waals surface area contributed by atoms with E-state index in [0.717, 1.165) is 11.9 Å². The van der Waals surface area contributed by atoms with Crippen LogP contribution in [0.15, 0.2) is 54.7 Å². The summed E-state index contributed by atoms with van der Waals surface area (Å²) in [6, 6.07) is 15.2. The highest BCUT2D eigenvalue weighted by Gasteiger charge is 2.11. The molecule has 29 heavy (non-hydrogen) atoms. The van der Waals surface area contributed by atoms with Gasteiger partial charge in [-0.15, -0.1) is 0 Å². The molecule has 0 saturated heterocycles. The first-order valence-electron chi connectivity index (χ1n) is 9.49. The van der Waals surface area contributed by atoms with Crippen molar-refractivity contribution in [1.82, 2.24) is 15.2 Å². The summed E-state index contributed by atoms with van der Waals surface area (Å²) in [6.45, 7) is 0.816. The number of rotatable bonds is 9. The predicted molar refractivity (Wildman–Crippen MR) is 114 cm³/mol. The van der Waals surface area contributed by atoms with Gasteiger partial charge in [-0.25, -0.2) is 0 Å². The molecule has 0 aliphatic rings. The first kappa shape index (κ1) is 20.4. The lowest BCUT2D eigenvalue weighted by Gasteiger charge is -2.16. The Morgan fingerprint density at radius 1 is 1.07 bits per heavy atom. The number of nitrogens with one attached hydrogen (secondary N) is 3. The maximum Gasteiger partial charge on any atom is 0.238 e. The summed E-state index contributed by atoms with van der Waals surface area (Å²) < 4.78 is 5.14. The summed E-state index contributed by atoms with van der Waals surface area (Å²) in [5.41, 5.74) is 2.92. The van der Waals surface area contributed by atoms with E-state index in [4.69, 9.17) is 4.74 Å². The van der Waals surface area contributed by atoms with Gasteiger partial charge in [-0.1, -0.05) is 24.3 Å². The topological polar surface area (TPSA) is 86.5 Å². The van der Waals surface area contributed by atoms with Crippen LogP contribution >= 0.6 is 0 Å². The highest BCUT2D eigenvalue weighted by atomic mass is 16.5. The van der Waals surface area contributed by atoms with E-state index in [1.807, 2.05) is 30.5 Å². The molecule has 1 aromatic heterocycles. The standard InChI is InChI=1S/C22H26N4O3/c1-26(15-22(28)25-17-6-5-7-18(12-17)29-2)14-21(27)23-11-10-16-13-24-20-9-4-3-8-19(16)20/h3-9,12-13,24H,10-11,14-15H2,1-2H3,(H,23,27)(H,25,28). The van der Waals surface area contributed by atoms with E-state index in [9.17, 15) is 9.59 Å². The average molecular weight is 394 g/mol. The Morgan fingerprint density at radius 3 is 2.69 bits per heavy atom. The summed E-state index contributed by atoms with van der Waals surface area (Å²) in [5, 5.41) is 6.89. The number of carbonyl (C=O) groups is 2. The number of ether oxygens (including phenoxy) is 1. The lowest BCUT2D eigenvalue weighted by atomic mass is 10.1. The van der Waals surface area contributed by atoms with Crippen molar-refractivity contribution in [3.63, 3.8) is 0 Å². The summed E-state index contributed by atoms with van der Waals surface area (Å²) in [4.78, 5) is 29.2. The van der Waals surface area contributed by atoms with Crippen LogP contribution in [-0.4, -0.2) is 55.5 Å². The molecular formula is C22H26N4O3. The van der Waals surface area contributed by atoms with Crippen LogP contribution in [-0.2, 0) is 16.0 Å². The normalized spacial score (nSPS) is 10.9. The second-order valence-corrected chi connectivity index (χ2v) is 6.91. The Kier molecular flexibility index (Phi) is 6.86. The molecule has 2 aromatic carbocycles. The number of likely N-dealkylation sites (N-methyl/N-ethyl adjacent to an activating group) is 1. The number of carbonyl (C=O) groups excluding carboxylic acids is 2. The minimum Gasteiger partial charge on any atom is -0.497 e. The van der Waals surface area contributed by atoms with Gasteiger partial charge in [0.1, 0.15) is 5.75 Å². The number of para-hydroxylation sites is 1. The summed E-state index contributed by atoms with van der Waals surface area (Å²) >= 11 is 0. The second-order valence-electron chi connectivity index (χ2n) is 6.91. The van der Waals surface area contributed by atoms with E-state index in [1.165, 1.54) is 10.9 Å². The van der Waals surface area contributed by atoms with Crippen molar-refractivity contribution in [1.29, 1.82) is 0 Å². The predicted octanol–water partition coefficient (Wildman–Crippen LogP) is 2.41. The third-order valence-electron chi connectivity index (χ3n) is 4.57. The van der Waals surface area contributed by atoms with Gasteiger partial charge in [0.25, 0.3) is 0 Å². The van der Waals surface area contributed by atoms with Gasteiger partial charge >= 0.3 is 0 Å². The van der Waals surface area contributed by atoms with E-state index >= 15 is 0 Å². The highest BCUT2D eigenvalue weighted by Crippen LogP contribution is 2.18. The number of nitrogens with zero attached hydrogens (tertiary/aromatic N) is 1. The van der Waals surface area contributed by atoms with Gasteiger partial charge in [0.05, 0.1) is 20.2 Å². The van der Waals surface area contributed by atoms with Crippen molar-refractivity contribution in [3.05, 3.63) is 60.3 Å². The van der Waals surface area contributed by atoms with Gasteiger partial charge in [0.2, 0.25) is 11.8 Å². The van der Waals surface area contributed by atoms with E-state index < -0.39 is 0 Å². The number of H-pyrrole nitrogens is 1. The summed E-state index contributed by atoms with van der Waals surface area (Å²) in [6.07, 6.45) is 2.72. The lowest BCUT2D eigenvalue weighted by molar-refractivity contribution is -0.122. The van der Waals surface area contributed by atoms with Crippen LogP contribution in [0.1, 0.15) is 5.56 Å². The highest BCUT2D eigenvalue weighted by molar-refractivity contribution is 5.92. The first-order valence-corrected chi connectivity index (χ1v) is 9.49. The second kappa shape index (κ2) is 9.75. The molecule has 0 radical (unpaired) electrons. The molecule has 1 heterocycles. The number of aromatic amines is 1. The molecule has 3 rings (SSSR count). The van der Waals surface area contributed by atoms with Crippen LogP contribution < -0.4 is 15.4 Å². The molecular weight excluding hydrogens is 368 g/mol. The van der Waals surface area contributed by atoms with Crippen molar-refractivity contribution in [2.75, 3.05) is 39.1 Å². The van der Waals surface area contributed by atoms with Gasteiger partial charge in [0.15, 0.2) is 0 Å². The SMILES string of the molecule is COc1cccc(NC(=O)CN(C)CC(=O)NCCc2c[nH]c3ccccc23)c1. The fourth-order valence-corrected chi connectivity index (χ4v) is 3.18. The van der Waals surface area contributed by atoms with E-state index in [2.05, 4.69) is 21.7 Å². The van der Waals surface area contributed by atoms with Crippen molar-refractivity contribution in [2.24, 2.45) is 0 Å². The third kappa shape index (κ3) is 5.83. The molecule has 0 aliphatic heterocycles. The van der Waals surface area contributed by atoms with Gasteiger partial charge in [-0.2, -0.15) is 0 Å². The molecule has 0 spiro atoms. The maximum atomic E-state index is 12.2. The molecule has 152 valence electrons. The van der Waals surface area contributed by atoms with Crippen LogP contribution in [0, 0.1) is 0 Å². The first-order chi connectivity index (χ1) is 14.0. The summed E-state index contributed by atoms with van der Waals surface area (Å²) in [7, 11) is 3.32. The quantitative estimate of drug-likeness (QED) is 0.520. The Hall–Kier alpha value is -3.32. The molecule has 3 aromatic rings. The van der Waals surface area contributed by atoms with Gasteiger partial charge < -0.3 is 20.4 Å². The monoisotopic (exact) mass is 394 g/mol. The van der Waals surface area contributed by atoms with Crippen molar-refractivity contribution in [2.45, 2.75) is 6.42 Å². The van der Waals surface area contributed by atoms with Gasteiger partial charge in [-0.05, 0) is 37.2 Å². The Balaban J connectivity index is 1.40. The minimum atomic E-state index is -0.188. The fourth-order valence-electron chi connectivity index (χ4n) is 3.18. The van der Waals surface area contributed by atoms with Crippen LogP contribution in [0.25, 0.3) is 10.9 Å². The molecule has 0 aliphatic carbocycles.